The second-order valence-corrected chi connectivity index (χ2v) is 16.6. The zero-order valence-electron chi connectivity index (χ0n) is 36.2. The predicted molar refractivity (Wildman–Crippen MR) is 249 cm³/mol. The van der Waals surface area contributed by atoms with E-state index < -0.39 is 35.7 Å². The summed E-state index contributed by atoms with van der Waals surface area (Å²) >= 11 is 0. The molecule has 1 aliphatic heterocycles. The van der Waals surface area contributed by atoms with E-state index in [2.05, 4.69) is 74.9 Å². The number of carbonyl (C=O) groups excluding carboxylic acids is 1. The van der Waals surface area contributed by atoms with E-state index in [1.54, 1.807) is 32.6 Å². The van der Waals surface area contributed by atoms with Crippen molar-refractivity contribution in [2.75, 3.05) is 26.1 Å². The molecule has 0 bridgehead atoms. The number of imidazole rings is 1. The van der Waals surface area contributed by atoms with E-state index in [4.69, 9.17) is 23.7 Å². The average Bonchev–Trinajstić information content (AvgIpc) is 3.91. The van der Waals surface area contributed by atoms with Crippen molar-refractivity contribution in [3.05, 3.63) is 172 Å². The number of aliphatic hydroxyl groups excluding tert-OH is 1. The third-order valence-electron chi connectivity index (χ3n) is 12.5. The van der Waals surface area contributed by atoms with Crippen LogP contribution in [-0.4, -0.2) is 69.7 Å². The van der Waals surface area contributed by atoms with Gasteiger partial charge in [-0.05, 0) is 78.8 Å². The molecule has 328 valence electrons. The summed E-state index contributed by atoms with van der Waals surface area (Å²) in [4.78, 5) is 37.8. The minimum absolute atomic E-state index is 0.0259. The van der Waals surface area contributed by atoms with Gasteiger partial charge in [0, 0.05) is 5.92 Å². The third-order valence-corrected chi connectivity index (χ3v) is 12.5. The van der Waals surface area contributed by atoms with E-state index >= 15 is 0 Å². The number of fused-ring (bicyclic) bond motifs is 1. The first-order valence-corrected chi connectivity index (χ1v) is 21.5. The Bertz CT molecular complexity index is 3140. The fourth-order valence-electron chi connectivity index (χ4n) is 9.08. The van der Waals surface area contributed by atoms with Crippen LogP contribution in [0.5, 0.6) is 11.5 Å². The highest BCUT2D eigenvalue weighted by atomic mass is 16.6. The minimum atomic E-state index is -1.25. The molecule has 0 aliphatic carbocycles. The number of H-pyrrole nitrogens is 1. The Balaban J connectivity index is 1.05. The number of ether oxygens (including phenoxy) is 5. The fourth-order valence-corrected chi connectivity index (χ4v) is 9.08. The van der Waals surface area contributed by atoms with Crippen molar-refractivity contribution in [1.29, 1.82) is 0 Å². The van der Waals surface area contributed by atoms with E-state index in [0.717, 1.165) is 49.2 Å². The summed E-state index contributed by atoms with van der Waals surface area (Å²) in [5.74, 6) is 0.623. The van der Waals surface area contributed by atoms with Crippen LogP contribution in [0.2, 0.25) is 0 Å². The monoisotopic (exact) mass is 869 g/mol. The van der Waals surface area contributed by atoms with Crippen LogP contribution in [0.25, 0.3) is 43.5 Å². The summed E-state index contributed by atoms with van der Waals surface area (Å²) in [6.07, 6.45) is -2.83. The zero-order valence-corrected chi connectivity index (χ0v) is 36.2. The summed E-state index contributed by atoms with van der Waals surface area (Å²) < 4.78 is 33.5. The van der Waals surface area contributed by atoms with Gasteiger partial charge >= 0.3 is 0 Å². The molecule has 2 unspecified atom stereocenters. The Hall–Kier alpha value is -7.16. The van der Waals surface area contributed by atoms with Crippen LogP contribution < -0.4 is 20.3 Å². The molecular formula is C52H47N5O8. The summed E-state index contributed by atoms with van der Waals surface area (Å²) in [5.41, 5.74) is 1.77. The number of carbonyl (C=O) groups is 1. The summed E-state index contributed by atoms with van der Waals surface area (Å²) in [7, 11) is 3.24. The van der Waals surface area contributed by atoms with Crippen molar-refractivity contribution in [2.45, 2.75) is 50.6 Å². The van der Waals surface area contributed by atoms with Gasteiger partial charge in [0.05, 0.1) is 33.8 Å². The largest absolute Gasteiger partial charge is 0.497 e. The number of anilines is 1. The molecule has 13 heteroatoms. The highest BCUT2D eigenvalue weighted by Crippen LogP contribution is 2.44. The van der Waals surface area contributed by atoms with Crippen LogP contribution in [0, 0.1) is 5.92 Å². The predicted octanol–water partition coefficient (Wildman–Crippen LogP) is 8.48. The van der Waals surface area contributed by atoms with Crippen LogP contribution in [0.3, 0.4) is 0 Å². The molecule has 7 aromatic carbocycles. The number of aromatic amines is 1. The topological polar surface area (TPSA) is 159 Å². The molecule has 0 spiro atoms. The van der Waals surface area contributed by atoms with Crippen LogP contribution in [0.15, 0.2) is 145 Å². The smallest absolute Gasteiger partial charge is 0.280 e. The highest BCUT2D eigenvalue weighted by Gasteiger charge is 2.48. The minimum Gasteiger partial charge on any atom is -0.497 e. The van der Waals surface area contributed by atoms with Crippen molar-refractivity contribution in [2.24, 2.45) is 5.92 Å². The number of methoxy groups -OCH3 is 2. The SMILES string of the molecule is COc1ccc(C(OC[C@H]2O[C@@H](n3cnc4c(=O)[nH]c(NC(=O)C(C)C)nc43)C(OCc3ccc4ccc5cccc6ccc3c4c56)C2O)(c2ccccc2)c2ccc(OC)cc2)cc1. The Morgan fingerprint density at radius 3 is 2.06 bits per heavy atom. The number of aromatic nitrogens is 4. The molecule has 0 saturated carbocycles. The van der Waals surface area contributed by atoms with Crippen molar-refractivity contribution < 1.29 is 33.6 Å². The molecule has 2 aromatic heterocycles. The van der Waals surface area contributed by atoms with Gasteiger partial charge < -0.3 is 28.8 Å². The summed E-state index contributed by atoms with van der Waals surface area (Å²) in [6.45, 7) is 3.49. The molecule has 3 heterocycles. The molecule has 1 fully saturated rings. The maximum atomic E-state index is 13.4. The molecule has 0 radical (unpaired) electrons. The van der Waals surface area contributed by atoms with E-state index in [1.165, 1.54) is 11.7 Å². The van der Waals surface area contributed by atoms with E-state index in [0.29, 0.717) is 11.5 Å². The van der Waals surface area contributed by atoms with Crippen molar-refractivity contribution in [3.63, 3.8) is 0 Å². The van der Waals surface area contributed by atoms with E-state index in [-0.39, 0.29) is 42.2 Å². The number of amides is 1. The fraction of sp³-hybridized carbons (Fsp3) is 0.231. The van der Waals surface area contributed by atoms with E-state index in [9.17, 15) is 14.7 Å². The number of nitrogens with one attached hydrogen (secondary N) is 2. The molecule has 4 atom stereocenters. The van der Waals surface area contributed by atoms with Crippen LogP contribution in [-0.2, 0) is 31.2 Å². The van der Waals surface area contributed by atoms with Crippen molar-refractivity contribution in [3.8, 4) is 11.5 Å². The second-order valence-electron chi connectivity index (χ2n) is 16.6. The first-order valence-electron chi connectivity index (χ1n) is 21.5. The first kappa shape index (κ1) is 41.8. The van der Waals surface area contributed by atoms with Gasteiger partial charge in [0.2, 0.25) is 11.9 Å². The van der Waals surface area contributed by atoms with Gasteiger partial charge in [-0.2, -0.15) is 4.98 Å². The summed E-state index contributed by atoms with van der Waals surface area (Å²) in [5, 5.41) is 22.0. The van der Waals surface area contributed by atoms with Crippen molar-refractivity contribution in [1.82, 2.24) is 19.5 Å². The molecule has 13 nitrogen and oxygen atoms in total. The molecule has 1 amide bonds. The number of hydrogen-bond donors (Lipinski definition) is 3. The molecular weight excluding hydrogens is 823 g/mol. The molecule has 65 heavy (non-hydrogen) atoms. The lowest BCUT2D eigenvalue weighted by molar-refractivity contribution is -0.118. The number of rotatable bonds is 14. The van der Waals surface area contributed by atoms with Gasteiger partial charge in [0.25, 0.3) is 5.56 Å². The highest BCUT2D eigenvalue weighted by molar-refractivity contribution is 6.23. The number of aliphatic hydroxyl groups is 1. The Labute approximate surface area is 373 Å². The molecule has 1 aliphatic rings. The lowest BCUT2D eigenvalue weighted by Gasteiger charge is -2.37. The Morgan fingerprint density at radius 2 is 1.42 bits per heavy atom. The standard InChI is InChI=1S/C52H47N5O8/c1-30(2)48(59)55-51-54-47-44(49(60)56-51)53-29-57(47)50-46(63-27-34-16-15-33-14-13-31-9-8-10-32-17-26-40(34)43(33)42(31)32)45(58)41(65-50)28-64-52(35-11-6-5-7-12-35,36-18-22-38(61-3)23-19-36)37-20-24-39(62-4)25-21-37/h5-26,29-30,41,45-46,50,58H,27-28H2,1-4H3,(H2,54,55,56,59,60)/t41-,45?,46?,50-/m1/s1. The summed E-state index contributed by atoms with van der Waals surface area (Å²) in [6, 6.07) is 44.2. The van der Waals surface area contributed by atoms with Gasteiger partial charge in [-0.1, -0.05) is 123 Å². The number of hydrogen-bond acceptors (Lipinski definition) is 10. The average molecular weight is 870 g/mol. The maximum absolute atomic E-state index is 13.4. The van der Waals surface area contributed by atoms with Crippen LogP contribution in [0.4, 0.5) is 5.95 Å². The van der Waals surface area contributed by atoms with Gasteiger partial charge in [0.1, 0.15) is 35.4 Å². The molecule has 3 N–H and O–H groups in total. The van der Waals surface area contributed by atoms with Crippen LogP contribution in [0.1, 0.15) is 42.3 Å². The molecule has 1 saturated heterocycles. The Kier molecular flexibility index (Phi) is 11.0. The third kappa shape index (κ3) is 7.41. The second kappa shape index (κ2) is 17.1. The maximum Gasteiger partial charge on any atom is 0.280 e. The lowest BCUT2D eigenvalue weighted by atomic mass is 9.80. The quantitative estimate of drug-likeness (QED) is 0.0715. The van der Waals surface area contributed by atoms with Gasteiger partial charge in [0.15, 0.2) is 17.4 Å². The Morgan fingerprint density at radius 1 is 0.800 bits per heavy atom. The van der Waals surface area contributed by atoms with Crippen LogP contribution >= 0.6 is 0 Å². The zero-order chi connectivity index (χ0) is 44.8. The molecule has 10 rings (SSSR count). The first-order chi connectivity index (χ1) is 31.7. The van der Waals surface area contributed by atoms with E-state index in [1.807, 2.05) is 78.9 Å². The number of nitrogens with zero attached hydrogens (tertiary/aromatic N) is 3. The van der Waals surface area contributed by atoms with Gasteiger partial charge in [-0.15, -0.1) is 0 Å². The lowest BCUT2D eigenvalue weighted by Crippen LogP contribution is -2.40. The normalized spacial score (nSPS) is 17.8. The number of benzene rings is 7. The molecule has 9 aromatic rings. The van der Waals surface area contributed by atoms with Crippen molar-refractivity contribution >= 4 is 55.3 Å². The van der Waals surface area contributed by atoms with Gasteiger partial charge in [-0.25, -0.2) is 4.98 Å². The van der Waals surface area contributed by atoms with Gasteiger partial charge in [-0.3, -0.25) is 24.5 Å².